The number of aromatic nitrogens is 2. The molecule has 0 aliphatic heterocycles. The number of aryl methyl sites for hydroxylation is 2. The molecule has 0 aliphatic carbocycles. The van der Waals surface area contributed by atoms with Gasteiger partial charge in [0, 0.05) is 35.3 Å². The summed E-state index contributed by atoms with van der Waals surface area (Å²) in [5.41, 5.74) is 3.89. The van der Waals surface area contributed by atoms with E-state index in [1.807, 2.05) is 44.2 Å². The number of benzene rings is 5. The molecular formula is C43H42F2N2O6. The van der Waals surface area contributed by atoms with Crippen molar-refractivity contribution in [2.45, 2.75) is 35.3 Å². The number of aromatic hydroxyl groups is 1. The first-order valence-corrected chi connectivity index (χ1v) is 15.9. The maximum Gasteiger partial charge on any atom is 0.165 e. The molecule has 0 saturated carbocycles. The molecule has 0 unspecified atom stereocenters. The molecule has 8 nitrogen and oxygen atoms in total. The van der Waals surface area contributed by atoms with Gasteiger partial charge in [-0.2, -0.15) is 0 Å². The minimum absolute atomic E-state index is 0. The van der Waals surface area contributed by atoms with Gasteiger partial charge in [0.25, 0.3) is 0 Å². The van der Waals surface area contributed by atoms with Gasteiger partial charge in [-0.15, -0.1) is 0 Å². The maximum atomic E-state index is 14.2. The Labute approximate surface area is 308 Å². The average Bonchev–Trinajstić information content (AvgIpc) is 3.13. The summed E-state index contributed by atoms with van der Waals surface area (Å²) >= 11 is 0. The molecular weight excluding hydrogens is 678 g/mol. The smallest absolute Gasteiger partial charge is 0.165 e. The molecule has 10 heteroatoms. The molecule has 7 aromatic rings. The molecule has 0 bridgehead atoms. The number of pyridine rings is 2. The lowest BCUT2D eigenvalue weighted by molar-refractivity contribution is 0.285. The summed E-state index contributed by atoms with van der Waals surface area (Å²) in [5, 5.41) is 11.1. The number of rotatable bonds is 9. The van der Waals surface area contributed by atoms with Gasteiger partial charge >= 0.3 is 0 Å². The fraction of sp³-hybridized carbons (Fsp3) is 0.163. The predicted molar refractivity (Wildman–Crippen MR) is 205 cm³/mol. The number of nitrogens with zero attached hydrogens (tertiary/aromatic N) is 2. The summed E-state index contributed by atoms with van der Waals surface area (Å²) < 4.78 is 56.2. The minimum atomic E-state index is -0.435. The van der Waals surface area contributed by atoms with Crippen LogP contribution in [0.4, 0.5) is 8.78 Å². The molecule has 2 aromatic heterocycles. The van der Waals surface area contributed by atoms with Crippen molar-refractivity contribution in [3.8, 4) is 46.0 Å². The van der Waals surface area contributed by atoms with E-state index in [1.165, 1.54) is 31.5 Å². The predicted octanol–water partition coefficient (Wildman–Crippen LogP) is 11.5. The first-order valence-electron chi connectivity index (χ1n) is 15.9. The van der Waals surface area contributed by atoms with Gasteiger partial charge in [0.15, 0.2) is 46.1 Å². The van der Waals surface area contributed by atoms with Crippen LogP contribution in [0.2, 0.25) is 0 Å². The number of halogens is 2. The van der Waals surface area contributed by atoms with E-state index in [4.69, 9.17) is 23.7 Å². The third-order valence-corrected chi connectivity index (χ3v) is 7.84. The van der Waals surface area contributed by atoms with Crippen LogP contribution in [-0.4, -0.2) is 29.3 Å². The highest BCUT2D eigenvalue weighted by atomic mass is 19.1. The highest BCUT2D eigenvalue weighted by Crippen LogP contribution is 2.39. The summed E-state index contributed by atoms with van der Waals surface area (Å²) in [6.07, 6.45) is 3.16. The highest BCUT2D eigenvalue weighted by molar-refractivity contribution is 5.89. The van der Waals surface area contributed by atoms with Crippen molar-refractivity contribution in [2.75, 3.05) is 14.2 Å². The van der Waals surface area contributed by atoms with Crippen LogP contribution < -0.4 is 23.7 Å². The fourth-order valence-electron chi connectivity index (χ4n) is 5.23. The van der Waals surface area contributed by atoms with E-state index >= 15 is 0 Å². The summed E-state index contributed by atoms with van der Waals surface area (Å²) in [6, 6.07) is 29.5. The van der Waals surface area contributed by atoms with Gasteiger partial charge in [-0.25, -0.2) is 8.78 Å². The number of ether oxygens (including phenoxy) is 5. The van der Waals surface area contributed by atoms with E-state index < -0.39 is 11.6 Å². The summed E-state index contributed by atoms with van der Waals surface area (Å²) in [5.74, 6) is 1.79. The second-order valence-electron chi connectivity index (χ2n) is 11.5. The van der Waals surface area contributed by atoms with Crippen LogP contribution in [0.1, 0.15) is 31.5 Å². The molecule has 0 fully saturated rings. The zero-order valence-corrected chi connectivity index (χ0v) is 28.3. The van der Waals surface area contributed by atoms with Crippen LogP contribution >= 0.6 is 0 Å². The van der Waals surface area contributed by atoms with Gasteiger partial charge in [0.2, 0.25) is 0 Å². The van der Waals surface area contributed by atoms with Gasteiger partial charge in [0.05, 0.1) is 25.3 Å². The molecule has 1 N–H and O–H groups in total. The van der Waals surface area contributed by atoms with Gasteiger partial charge < -0.3 is 28.8 Å². The number of hydrogen-bond acceptors (Lipinski definition) is 8. The first-order chi connectivity index (χ1) is 24.7. The Bertz CT molecular complexity index is 2320. The standard InChI is InChI=1S/C24H20FNO3.C17H14FNO3.2CH4/c1-16-8-9-22(19(25)12-16)29-21-10-11-26-20-14-24(23(27-2)13-18(20)21)28-15-17-6-4-3-5-7-17;1-10-3-4-16(12(18)7-10)22-15-5-6-19-13-9-14(20)17(21-2)8-11(13)15;;/h3-14H,15H2,1-2H3;3-9,20H,1-2H3;2*1H4. The average molecular weight is 721 g/mol. The zero-order chi connectivity index (χ0) is 35.9. The molecule has 53 heavy (non-hydrogen) atoms. The van der Waals surface area contributed by atoms with Gasteiger partial charge in [-0.3, -0.25) is 9.97 Å². The fourth-order valence-corrected chi connectivity index (χ4v) is 5.23. The van der Waals surface area contributed by atoms with E-state index in [0.29, 0.717) is 57.2 Å². The van der Waals surface area contributed by atoms with Gasteiger partial charge in [0.1, 0.15) is 18.1 Å². The van der Waals surface area contributed by atoms with E-state index in [9.17, 15) is 13.9 Å². The van der Waals surface area contributed by atoms with Crippen molar-refractivity contribution in [1.29, 1.82) is 0 Å². The lowest BCUT2D eigenvalue weighted by Crippen LogP contribution is -1.98. The topological polar surface area (TPSA) is 92.2 Å². The monoisotopic (exact) mass is 720 g/mol. The molecule has 0 radical (unpaired) electrons. The van der Waals surface area contributed by atoms with E-state index in [2.05, 4.69) is 9.97 Å². The molecule has 0 atom stereocenters. The Hall–Kier alpha value is -6.42. The lowest BCUT2D eigenvalue weighted by atomic mass is 10.1. The maximum absolute atomic E-state index is 14.2. The molecule has 0 spiro atoms. The Kier molecular flexibility index (Phi) is 13.1. The van der Waals surface area contributed by atoms with Crippen molar-refractivity contribution in [3.63, 3.8) is 0 Å². The molecule has 0 aliphatic rings. The highest BCUT2D eigenvalue weighted by Gasteiger charge is 2.15. The van der Waals surface area contributed by atoms with Crippen LogP contribution in [0.25, 0.3) is 21.8 Å². The lowest BCUT2D eigenvalue weighted by Gasteiger charge is -2.14. The molecule has 274 valence electrons. The van der Waals surface area contributed by atoms with Crippen LogP contribution in [0.3, 0.4) is 0 Å². The number of fused-ring (bicyclic) bond motifs is 2. The third kappa shape index (κ3) is 9.28. The summed E-state index contributed by atoms with van der Waals surface area (Å²) in [6.45, 7) is 4.05. The van der Waals surface area contributed by atoms with E-state index in [0.717, 1.165) is 16.7 Å². The second-order valence-corrected chi connectivity index (χ2v) is 11.5. The van der Waals surface area contributed by atoms with Crippen molar-refractivity contribution in [3.05, 3.63) is 144 Å². The molecule has 0 amide bonds. The van der Waals surface area contributed by atoms with E-state index in [-0.39, 0.29) is 32.1 Å². The van der Waals surface area contributed by atoms with Crippen LogP contribution in [-0.2, 0) is 6.61 Å². The molecule has 7 rings (SSSR count). The van der Waals surface area contributed by atoms with Crippen molar-refractivity contribution in [2.24, 2.45) is 0 Å². The van der Waals surface area contributed by atoms with Crippen LogP contribution in [0.15, 0.2) is 116 Å². The normalized spacial score (nSPS) is 10.3. The number of phenolic OH excluding ortho intramolecular Hbond substituents is 1. The van der Waals surface area contributed by atoms with Crippen molar-refractivity contribution in [1.82, 2.24) is 9.97 Å². The molecule has 2 heterocycles. The zero-order valence-electron chi connectivity index (χ0n) is 28.3. The SMILES string of the molecule is C.C.COc1cc2c(Oc3ccc(C)cc3F)ccnc2cc1O.COc1cc2c(Oc3ccc(C)cc3F)ccnc2cc1OCc1ccccc1. The van der Waals surface area contributed by atoms with Crippen LogP contribution in [0, 0.1) is 25.5 Å². The van der Waals surface area contributed by atoms with Crippen molar-refractivity contribution < 1.29 is 37.6 Å². The van der Waals surface area contributed by atoms with Crippen LogP contribution in [0.5, 0.6) is 46.0 Å². The Morgan fingerprint density at radius 1 is 0.547 bits per heavy atom. The van der Waals surface area contributed by atoms with Gasteiger partial charge in [-0.1, -0.05) is 57.3 Å². The Balaban J connectivity index is 0.000000236. The number of hydrogen-bond donors (Lipinski definition) is 1. The van der Waals surface area contributed by atoms with Gasteiger partial charge in [-0.05, 0) is 79.1 Å². The van der Waals surface area contributed by atoms with E-state index in [1.54, 1.807) is 67.9 Å². The summed E-state index contributed by atoms with van der Waals surface area (Å²) in [4.78, 5) is 8.57. The molecule has 0 saturated heterocycles. The quantitative estimate of drug-likeness (QED) is 0.158. The Morgan fingerprint density at radius 2 is 1.06 bits per heavy atom. The summed E-state index contributed by atoms with van der Waals surface area (Å²) in [7, 11) is 3.03. The Morgan fingerprint density at radius 3 is 1.57 bits per heavy atom. The second kappa shape index (κ2) is 17.7. The molecule has 5 aromatic carbocycles. The van der Waals surface area contributed by atoms with Crippen molar-refractivity contribution >= 4 is 21.8 Å². The number of methoxy groups -OCH3 is 2. The minimum Gasteiger partial charge on any atom is -0.504 e. The third-order valence-electron chi connectivity index (χ3n) is 7.84. The largest absolute Gasteiger partial charge is 0.504 e. The first kappa shape index (κ1) is 39.4. The number of phenols is 1.